The van der Waals surface area contributed by atoms with Crippen LogP contribution in [0.2, 0.25) is 0 Å². The molecule has 116 valence electrons. The third-order valence-corrected chi connectivity index (χ3v) is 5.39. The summed E-state index contributed by atoms with van der Waals surface area (Å²) in [5.41, 5.74) is 4.06. The molecule has 0 aliphatic heterocycles. The van der Waals surface area contributed by atoms with Gasteiger partial charge in [0.15, 0.2) is 0 Å². The number of aromatic nitrogens is 1. The summed E-state index contributed by atoms with van der Waals surface area (Å²) in [6.07, 6.45) is 4.47. The topological polar surface area (TPSA) is 54.1 Å². The van der Waals surface area contributed by atoms with Gasteiger partial charge in [-0.15, -0.1) is 0 Å². The molecule has 0 radical (unpaired) electrons. The van der Waals surface area contributed by atoms with Crippen molar-refractivity contribution in [3.05, 3.63) is 29.5 Å². The van der Waals surface area contributed by atoms with Gasteiger partial charge in [0.1, 0.15) is 5.75 Å². The normalized spacial score (nSPS) is 26.5. The first-order chi connectivity index (χ1) is 10.7. The van der Waals surface area contributed by atoms with Crippen molar-refractivity contribution in [1.29, 1.82) is 0 Å². The number of carbonyl (C=O) groups is 1. The van der Waals surface area contributed by atoms with Gasteiger partial charge in [0.2, 0.25) is 5.91 Å². The first kappa shape index (κ1) is 13.7. The monoisotopic (exact) mass is 298 g/mol. The zero-order valence-electron chi connectivity index (χ0n) is 13.1. The molecule has 22 heavy (non-hydrogen) atoms. The highest BCUT2D eigenvalue weighted by molar-refractivity contribution is 5.86. The van der Waals surface area contributed by atoms with Crippen LogP contribution < -0.4 is 10.1 Å². The van der Waals surface area contributed by atoms with E-state index in [1.807, 2.05) is 6.07 Å². The summed E-state index contributed by atoms with van der Waals surface area (Å²) in [4.78, 5) is 15.1. The molecule has 0 saturated heterocycles. The minimum Gasteiger partial charge on any atom is -0.497 e. The van der Waals surface area contributed by atoms with E-state index in [1.54, 1.807) is 14.0 Å². The second-order valence-electron chi connectivity index (χ2n) is 6.71. The predicted octanol–water partition coefficient (Wildman–Crippen LogP) is 3.12. The van der Waals surface area contributed by atoms with Crippen molar-refractivity contribution in [2.45, 2.75) is 44.6 Å². The van der Waals surface area contributed by atoms with Crippen molar-refractivity contribution in [3.8, 4) is 5.75 Å². The average Bonchev–Trinajstić information content (AvgIpc) is 2.88. The second kappa shape index (κ2) is 5.04. The fourth-order valence-corrected chi connectivity index (χ4v) is 4.41. The van der Waals surface area contributed by atoms with E-state index in [9.17, 15) is 4.79 Å². The number of nitrogens with one attached hydrogen (secondary N) is 2. The van der Waals surface area contributed by atoms with E-state index in [2.05, 4.69) is 22.4 Å². The fourth-order valence-electron chi connectivity index (χ4n) is 4.41. The largest absolute Gasteiger partial charge is 0.497 e. The highest BCUT2D eigenvalue weighted by atomic mass is 16.5. The number of aromatic amines is 1. The number of methoxy groups -OCH3 is 1. The summed E-state index contributed by atoms with van der Waals surface area (Å²) < 4.78 is 5.38. The summed E-state index contributed by atoms with van der Waals surface area (Å²) in [5, 5.41) is 4.44. The standard InChI is InChI=1S/C18H22N2O2/c1-10(21)19-16-5-3-11-7-12(16)8-15-14-9-13(22-2)4-6-17(14)20-18(11)15/h4,6,9,11-12,16,20H,3,5,7-8H2,1-2H3,(H,19,21). The van der Waals surface area contributed by atoms with Gasteiger partial charge in [-0.2, -0.15) is 0 Å². The number of benzene rings is 1. The van der Waals surface area contributed by atoms with E-state index in [0.717, 1.165) is 25.0 Å². The Morgan fingerprint density at radius 1 is 1.36 bits per heavy atom. The highest BCUT2D eigenvalue weighted by Crippen LogP contribution is 2.46. The van der Waals surface area contributed by atoms with E-state index in [0.29, 0.717) is 17.9 Å². The summed E-state index contributed by atoms with van der Waals surface area (Å²) in [5.74, 6) is 2.16. The molecule has 3 unspecified atom stereocenters. The zero-order valence-corrected chi connectivity index (χ0v) is 13.1. The van der Waals surface area contributed by atoms with Crippen LogP contribution in [0.4, 0.5) is 0 Å². The van der Waals surface area contributed by atoms with E-state index < -0.39 is 0 Å². The molecule has 1 aromatic carbocycles. The molecule has 2 aliphatic carbocycles. The number of carbonyl (C=O) groups excluding carboxylic acids is 1. The predicted molar refractivity (Wildman–Crippen MR) is 86.2 cm³/mol. The Labute approximate surface area is 130 Å². The molecule has 2 aromatic rings. The maximum Gasteiger partial charge on any atom is 0.217 e. The molecule has 1 amide bonds. The van der Waals surface area contributed by atoms with Gasteiger partial charge in [-0.3, -0.25) is 4.79 Å². The van der Waals surface area contributed by atoms with E-state index in [-0.39, 0.29) is 5.91 Å². The van der Waals surface area contributed by atoms with Crippen molar-refractivity contribution in [2.24, 2.45) is 5.92 Å². The van der Waals surface area contributed by atoms with Gasteiger partial charge in [-0.25, -0.2) is 0 Å². The van der Waals surface area contributed by atoms with Crippen LogP contribution in [-0.4, -0.2) is 24.0 Å². The van der Waals surface area contributed by atoms with Crippen molar-refractivity contribution in [2.75, 3.05) is 7.11 Å². The number of H-pyrrole nitrogens is 1. The van der Waals surface area contributed by atoms with Crippen LogP contribution in [0.25, 0.3) is 10.9 Å². The number of hydrogen-bond acceptors (Lipinski definition) is 2. The van der Waals surface area contributed by atoms with E-state index >= 15 is 0 Å². The lowest BCUT2D eigenvalue weighted by molar-refractivity contribution is -0.120. The Morgan fingerprint density at radius 3 is 3.00 bits per heavy atom. The van der Waals surface area contributed by atoms with Gasteiger partial charge in [0.25, 0.3) is 0 Å². The summed E-state index contributed by atoms with van der Waals surface area (Å²) in [6, 6.07) is 6.59. The molecule has 0 spiro atoms. The smallest absolute Gasteiger partial charge is 0.217 e. The van der Waals surface area contributed by atoms with Crippen molar-refractivity contribution in [1.82, 2.24) is 10.3 Å². The van der Waals surface area contributed by atoms with Crippen LogP contribution >= 0.6 is 0 Å². The summed E-state index contributed by atoms with van der Waals surface area (Å²) in [7, 11) is 1.71. The van der Waals surface area contributed by atoms with Crippen LogP contribution in [-0.2, 0) is 11.2 Å². The molecule has 2 bridgehead atoms. The zero-order chi connectivity index (χ0) is 15.3. The number of hydrogen-bond donors (Lipinski definition) is 2. The van der Waals surface area contributed by atoms with E-state index in [1.165, 1.54) is 28.6 Å². The minimum atomic E-state index is 0.0924. The Morgan fingerprint density at radius 2 is 2.23 bits per heavy atom. The van der Waals surface area contributed by atoms with E-state index in [4.69, 9.17) is 4.74 Å². The lowest BCUT2D eigenvalue weighted by Gasteiger charge is -2.40. The molecular formula is C18H22N2O2. The second-order valence-corrected chi connectivity index (χ2v) is 6.71. The maximum absolute atomic E-state index is 11.4. The molecule has 2 aliphatic rings. The molecule has 4 nitrogen and oxygen atoms in total. The third-order valence-electron chi connectivity index (χ3n) is 5.39. The molecule has 3 atom stereocenters. The lowest BCUT2D eigenvalue weighted by atomic mass is 9.69. The molecule has 4 rings (SSSR count). The van der Waals surface area contributed by atoms with Crippen LogP contribution in [0.15, 0.2) is 18.2 Å². The van der Waals surface area contributed by atoms with Gasteiger partial charge >= 0.3 is 0 Å². The molecular weight excluding hydrogens is 276 g/mol. The minimum absolute atomic E-state index is 0.0924. The Kier molecular flexibility index (Phi) is 3.13. The molecule has 2 N–H and O–H groups in total. The lowest BCUT2D eigenvalue weighted by Crippen LogP contribution is -2.45. The number of amides is 1. The Hall–Kier alpha value is -1.97. The summed E-state index contributed by atoms with van der Waals surface area (Å²) >= 11 is 0. The van der Waals surface area contributed by atoms with Crippen LogP contribution in [0, 0.1) is 5.92 Å². The first-order valence-electron chi connectivity index (χ1n) is 8.11. The van der Waals surface area contributed by atoms with Gasteiger partial charge < -0.3 is 15.0 Å². The molecule has 1 saturated carbocycles. The van der Waals surface area contributed by atoms with Crippen LogP contribution in [0.5, 0.6) is 5.75 Å². The van der Waals surface area contributed by atoms with Crippen LogP contribution in [0.3, 0.4) is 0 Å². The number of fused-ring (bicyclic) bond motifs is 6. The third kappa shape index (κ3) is 2.09. The fraction of sp³-hybridized carbons (Fsp3) is 0.500. The van der Waals surface area contributed by atoms with Gasteiger partial charge in [0.05, 0.1) is 7.11 Å². The quantitative estimate of drug-likeness (QED) is 0.895. The van der Waals surface area contributed by atoms with Crippen molar-refractivity contribution in [3.63, 3.8) is 0 Å². The van der Waals surface area contributed by atoms with Gasteiger partial charge in [-0.1, -0.05) is 0 Å². The Balaban J connectivity index is 1.75. The molecule has 1 heterocycles. The SMILES string of the molecule is COc1ccc2[nH]c3c(c2c1)CC1CC3CCC1NC(C)=O. The van der Waals surface area contributed by atoms with Crippen molar-refractivity contribution < 1.29 is 9.53 Å². The Bertz CT molecular complexity index is 734. The molecule has 4 heteroatoms. The number of rotatable bonds is 2. The summed E-state index contributed by atoms with van der Waals surface area (Å²) in [6.45, 7) is 1.62. The van der Waals surface area contributed by atoms with Gasteiger partial charge in [0, 0.05) is 29.6 Å². The molecule has 1 fully saturated rings. The highest BCUT2D eigenvalue weighted by Gasteiger charge is 2.38. The maximum atomic E-state index is 11.4. The van der Waals surface area contributed by atoms with Gasteiger partial charge in [-0.05, 0) is 61.3 Å². The average molecular weight is 298 g/mol. The van der Waals surface area contributed by atoms with Crippen LogP contribution in [0.1, 0.15) is 43.4 Å². The first-order valence-corrected chi connectivity index (χ1v) is 8.11. The number of ether oxygens (including phenoxy) is 1. The van der Waals surface area contributed by atoms with Crippen molar-refractivity contribution >= 4 is 16.8 Å². The molecule has 1 aromatic heterocycles.